The Balaban J connectivity index is 1.93. The molecule has 118 valence electrons. The minimum atomic E-state index is 0.376. The van der Waals surface area contributed by atoms with Crippen molar-refractivity contribution in [1.29, 1.82) is 0 Å². The Morgan fingerprint density at radius 1 is 1.23 bits per heavy atom. The third kappa shape index (κ3) is 4.56. The van der Waals surface area contributed by atoms with E-state index >= 15 is 0 Å². The fourth-order valence-corrected chi connectivity index (χ4v) is 2.68. The first-order valence-electron chi connectivity index (χ1n) is 7.57. The van der Waals surface area contributed by atoms with Gasteiger partial charge in [-0.1, -0.05) is 44.2 Å². The van der Waals surface area contributed by atoms with Gasteiger partial charge < -0.3 is 10.6 Å². The first-order chi connectivity index (χ1) is 10.6. The largest absolute Gasteiger partial charge is 0.354 e. The van der Waals surface area contributed by atoms with Crippen LogP contribution in [0.4, 0.5) is 0 Å². The van der Waals surface area contributed by atoms with Crippen LogP contribution in [-0.4, -0.2) is 24.0 Å². The third-order valence-corrected chi connectivity index (χ3v) is 4.54. The van der Waals surface area contributed by atoms with Gasteiger partial charge in [0, 0.05) is 24.0 Å². The fraction of sp³-hybridized carbons (Fsp3) is 0.412. The molecule has 0 radical (unpaired) electrons. The summed E-state index contributed by atoms with van der Waals surface area (Å²) in [5, 5.41) is 9.85. The van der Waals surface area contributed by atoms with Gasteiger partial charge >= 0.3 is 0 Å². The number of aliphatic imine (C=N–C) groups is 1. The highest BCUT2D eigenvalue weighted by molar-refractivity contribution is 7.13. The SMILES string of the molecule is CN=C(NCc1csc(-c2ccccc2)n1)NC(C)C(C)C. The van der Waals surface area contributed by atoms with E-state index in [9.17, 15) is 0 Å². The van der Waals surface area contributed by atoms with E-state index in [1.807, 2.05) is 18.2 Å². The smallest absolute Gasteiger partial charge is 0.191 e. The molecular weight excluding hydrogens is 292 g/mol. The summed E-state index contributed by atoms with van der Waals surface area (Å²) < 4.78 is 0. The van der Waals surface area contributed by atoms with Crippen LogP contribution >= 0.6 is 11.3 Å². The van der Waals surface area contributed by atoms with E-state index in [4.69, 9.17) is 0 Å². The molecule has 0 amide bonds. The summed E-state index contributed by atoms with van der Waals surface area (Å²) in [5.41, 5.74) is 2.19. The lowest BCUT2D eigenvalue weighted by molar-refractivity contribution is 0.480. The number of guanidine groups is 1. The second kappa shape index (κ2) is 7.94. The molecule has 0 aliphatic rings. The van der Waals surface area contributed by atoms with Gasteiger partial charge in [-0.25, -0.2) is 4.98 Å². The number of thiazole rings is 1. The normalized spacial score (nSPS) is 13.2. The van der Waals surface area contributed by atoms with E-state index < -0.39 is 0 Å². The van der Waals surface area contributed by atoms with E-state index in [0.717, 1.165) is 22.2 Å². The Morgan fingerprint density at radius 2 is 1.95 bits per heavy atom. The van der Waals surface area contributed by atoms with E-state index in [1.165, 1.54) is 0 Å². The van der Waals surface area contributed by atoms with E-state index in [-0.39, 0.29) is 0 Å². The average Bonchev–Trinajstić information content (AvgIpc) is 3.00. The summed E-state index contributed by atoms with van der Waals surface area (Å²) in [6, 6.07) is 10.6. The van der Waals surface area contributed by atoms with Gasteiger partial charge in [-0.15, -0.1) is 11.3 Å². The number of hydrogen-bond acceptors (Lipinski definition) is 3. The zero-order chi connectivity index (χ0) is 15.9. The lowest BCUT2D eigenvalue weighted by Crippen LogP contribution is -2.43. The van der Waals surface area contributed by atoms with Gasteiger partial charge in [0.25, 0.3) is 0 Å². The molecule has 4 nitrogen and oxygen atoms in total. The van der Waals surface area contributed by atoms with Crippen LogP contribution in [-0.2, 0) is 6.54 Å². The van der Waals surface area contributed by atoms with Crippen LogP contribution in [0.25, 0.3) is 10.6 Å². The molecule has 1 heterocycles. The topological polar surface area (TPSA) is 49.3 Å². The minimum Gasteiger partial charge on any atom is -0.354 e. The third-order valence-electron chi connectivity index (χ3n) is 3.60. The average molecular weight is 316 g/mol. The molecule has 1 aromatic carbocycles. The Morgan fingerprint density at radius 3 is 2.59 bits per heavy atom. The molecule has 0 saturated heterocycles. The number of nitrogens with one attached hydrogen (secondary N) is 2. The zero-order valence-electron chi connectivity index (χ0n) is 13.6. The van der Waals surface area contributed by atoms with Gasteiger partial charge in [-0.3, -0.25) is 4.99 Å². The van der Waals surface area contributed by atoms with Gasteiger partial charge in [0.2, 0.25) is 0 Å². The van der Waals surface area contributed by atoms with Gasteiger partial charge in [0.15, 0.2) is 5.96 Å². The van der Waals surface area contributed by atoms with Crippen LogP contribution in [0.2, 0.25) is 0 Å². The highest BCUT2D eigenvalue weighted by atomic mass is 32.1. The molecule has 2 aromatic rings. The molecule has 1 aromatic heterocycles. The highest BCUT2D eigenvalue weighted by Crippen LogP contribution is 2.23. The van der Waals surface area contributed by atoms with Crippen molar-refractivity contribution in [3.63, 3.8) is 0 Å². The van der Waals surface area contributed by atoms with Crippen LogP contribution in [0.3, 0.4) is 0 Å². The number of hydrogen-bond donors (Lipinski definition) is 2. The maximum atomic E-state index is 4.67. The molecule has 0 aliphatic carbocycles. The van der Waals surface area contributed by atoms with Crippen molar-refractivity contribution in [3.05, 3.63) is 41.4 Å². The molecule has 1 unspecified atom stereocenters. The summed E-state index contributed by atoms with van der Waals surface area (Å²) in [6.07, 6.45) is 0. The van der Waals surface area contributed by atoms with E-state index in [1.54, 1.807) is 18.4 Å². The second-order valence-corrected chi connectivity index (χ2v) is 6.47. The number of benzene rings is 1. The molecule has 0 fully saturated rings. The van der Waals surface area contributed by atoms with Gasteiger partial charge in [-0.2, -0.15) is 0 Å². The Kier molecular flexibility index (Phi) is 5.95. The molecule has 1 atom stereocenters. The van der Waals surface area contributed by atoms with Gasteiger partial charge in [0.05, 0.1) is 12.2 Å². The van der Waals surface area contributed by atoms with Crippen LogP contribution < -0.4 is 10.6 Å². The standard InChI is InChI=1S/C17H24N4S/c1-12(2)13(3)20-17(18-4)19-10-15-11-22-16(21-15)14-8-6-5-7-9-14/h5-9,11-13H,10H2,1-4H3,(H2,18,19,20). The summed E-state index contributed by atoms with van der Waals surface area (Å²) in [7, 11) is 1.79. The predicted octanol–water partition coefficient (Wildman–Crippen LogP) is 3.52. The molecule has 2 N–H and O–H groups in total. The lowest BCUT2D eigenvalue weighted by Gasteiger charge is -2.20. The molecule has 0 bridgehead atoms. The Bertz CT molecular complexity index is 604. The van der Waals surface area contributed by atoms with Crippen LogP contribution in [0, 0.1) is 5.92 Å². The van der Waals surface area contributed by atoms with Crippen molar-refractivity contribution in [3.8, 4) is 10.6 Å². The number of aromatic nitrogens is 1. The Labute approximate surface area is 136 Å². The van der Waals surface area contributed by atoms with Crippen LogP contribution in [0.5, 0.6) is 0 Å². The zero-order valence-corrected chi connectivity index (χ0v) is 14.4. The van der Waals surface area contributed by atoms with Crippen molar-refractivity contribution in [2.24, 2.45) is 10.9 Å². The summed E-state index contributed by atoms with van der Waals surface area (Å²) in [4.78, 5) is 8.93. The van der Waals surface area contributed by atoms with Crippen molar-refractivity contribution >= 4 is 17.3 Å². The van der Waals surface area contributed by atoms with Crippen molar-refractivity contribution < 1.29 is 0 Å². The van der Waals surface area contributed by atoms with Gasteiger partial charge in [0.1, 0.15) is 5.01 Å². The first-order valence-corrected chi connectivity index (χ1v) is 8.45. The molecule has 0 spiro atoms. The van der Waals surface area contributed by atoms with E-state index in [2.05, 4.69) is 58.9 Å². The molecule has 5 heteroatoms. The number of rotatable bonds is 5. The van der Waals surface area contributed by atoms with Crippen LogP contribution in [0.15, 0.2) is 40.7 Å². The minimum absolute atomic E-state index is 0.376. The van der Waals surface area contributed by atoms with Crippen LogP contribution in [0.1, 0.15) is 26.5 Å². The second-order valence-electron chi connectivity index (χ2n) is 5.61. The Hall–Kier alpha value is -1.88. The highest BCUT2D eigenvalue weighted by Gasteiger charge is 2.09. The summed E-state index contributed by atoms with van der Waals surface area (Å²) in [6.45, 7) is 7.22. The monoisotopic (exact) mass is 316 g/mol. The summed E-state index contributed by atoms with van der Waals surface area (Å²) >= 11 is 1.67. The van der Waals surface area contributed by atoms with Crippen molar-refractivity contribution in [1.82, 2.24) is 15.6 Å². The molecule has 2 rings (SSSR count). The van der Waals surface area contributed by atoms with E-state index in [0.29, 0.717) is 18.5 Å². The van der Waals surface area contributed by atoms with Crippen molar-refractivity contribution in [2.45, 2.75) is 33.4 Å². The predicted molar refractivity (Wildman–Crippen MR) is 95.2 cm³/mol. The molecular formula is C17H24N4S. The lowest BCUT2D eigenvalue weighted by atomic mass is 10.1. The summed E-state index contributed by atoms with van der Waals surface area (Å²) in [5.74, 6) is 1.37. The fourth-order valence-electron chi connectivity index (χ4n) is 1.85. The maximum Gasteiger partial charge on any atom is 0.191 e. The maximum absolute atomic E-state index is 4.67. The molecule has 22 heavy (non-hydrogen) atoms. The van der Waals surface area contributed by atoms with Gasteiger partial charge in [-0.05, 0) is 12.8 Å². The quantitative estimate of drug-likeness (QED) is 0.655. The molecule has 0 saturated carbocycles. The first kappa shape index (κ1) is 16.5. The number of nitrogens with zero attached hydrogens (tertiary/aromatic N) is 2. The molecule has 0 aliphatic heterocycles. The van der Waals surface area contributed by atoms with Crippen molar-refractivity contribution in [2.75, 3.05) is 7.05 Å².